The van der Waals surface area contributed by atoms with Crippen LogP contribution in [0.15, 0.2) is 11.1 Å². The van der Waals surface area contributed by atoms with Gasteiger partial charge < -0.3 is 4.74 Å². The van der Waals surface area contributed by atoms with Crippen molar-refractivity contribution in [2.75, 3.05) is 6.61 Å². The van der Waals surface area contributed by atoms with Crippen LogP contribution in [0.2, 0.25) is 0 Å². The van der Waals surface area contributed by atoms with E-state index >= 15 is 0 Å². The summed E-state index contributed by atoms with van der Waals surface area (Å²) in [6, 6.07) is 0. The van der Waals surface area contributed by atoms with E-state index in [9.17, 15) is 0 Å². The van der Waals surface area contributed by atoms with Gasteiger partial charge in [0.15, 0.2) is 0 Å². The molecule has 5 unspecified atom stereocenters. The molecule has 0 aromatic rings. The Hall–Kier alpha value is -0.300. The molecule has 0 amide bonds. The first-order valence-corrected chi connectivity index (χ1v) is 13.8. The predicted molar refractivity (Wildman–Crippen MR) is 129 cm³/mol. The first-order chi connectivity index (χ1) is 14.5. The van der Waals surface area contributed by atoms with Gasteiger partial charge in [-0.1, -0.05) is 59.6 Å². The second kappa shape index (κ2) is 6.22. The molecule has 0 N–H and O–H groups in total. The van der Waals surface area contributed by atoms with Crippen LogP contribution in [-0.4, -0.2) is 12.7 Å². The minimum Gasteiger partial charge on any atom is -0.377 e. The van der Waals surface area contributed by atoms with Crippen LogP contribution >= 0.6 is 0 Å². The number of ether oxygens (including phenoxy) is 1. The Kier molecular flexibility index (Phi) is 4.27. The maximum atomic E-state index is 6.72. The van der Waals surface area contributed by atoms with Gasteiger partial charge in [0.05, 0.1) is 12.7 Å². The largest absolute Gasteiger partial charge is 0.377 e. The van der Waals surface area contributed by atoms with Crippen molar-refractivity contribution in [2.24, 2.45) is 50.7 Å². The van der Waals surface area contributed by atoms with E-state index in [1.165, 1.54) is 64.2 Å². The molecular weight excluding hydrogens is 376 g/mol. The number of fused-ring (bicyclic) bond motifs is 5. The first kappa shape index (κ1) is 21.2. The van der Waals surface area contributed by atoms with Crippen molar-refractivity contribution in [3.8, 4) is 0 Å². The molecule has 5 fully saturated rings. The molecule has 4 saturated carbocycles. The van der Waals surface area contributed by atoms with Gasteiger partial charge in [-0.05, 0) is 115 Å². The SMILES string of the molecule is CC(C)C1=C2CC[C@]3(C)C(CCC4C5C6OCC5(CCC6(C)C)CC[C@]43C)[C@@]2(C)CC1. The lowest BCUT2D eigenvalue weighted by Crippen LogP contribution is -2.64. The van der Waals surface area contributed by atoms with Crippen molar-refractivity contribution in [1.29, 1.82) is 0 Å². The molecule has 2 bridgehead atoms. The van der Waals surface area contributed by atoms with E-state index in [1.54, 1.807) is 0 Å². The maximum absolute atomic E-state index is 6.72. The molecule has 0 spiro atoms. The Balaban J connectivity index is 1.41. The summed E-state index contributed by atoms with van der Waals surface area (Å²) in [5.41, 5.74) is 6.14. The third-order valence-corrected chi connectivity index (χ3v) is 13.2. The van der Waals surface area contributed by atoms with Gasteiger partial charge in [-0.3, -0.25) is 0 Å². The van der Waals surface area contributed by atoms with Crippen molar-refractivity contribution in [2.45, 2.75) is 119 Å². The Morgan fingerprint density at radius 3 is 2.29 bits per heavy atom. The summed E-state index contributed by atoms with van der Waals surface area (Å²) < 4.78 is 6.72. The standard InChI is InChI=1S/C30H48O/c1-19(2)20-10-12-27(5)21(20)11-13-29(7)23(27)9-8-22-24-25-26(3,4)14-16-30(24,18-31-25)17-15-28(22,29)6/h19,22-25H,8-18H2,1-7H3/t22?,23?,24?,25?,27-,28+,29+,30?/m0/s1. The van der Waals surface area contributed by atoms with Gasteiger partial charge in [0.1, 0.15) is 0 Å². The van der Waals surface area contributed by atoms with Crippen molar-refractivity contribution >= 4 is 0 Å². The highest BCUT2D eigenvalue weighted by Gasteiger charge is 2.71. The fraction of sp³-hybridized carbons (Fsp3) is 0.933. The third kappa shape index (κ3) is 2.39. The summed E-state index contributed by atoms with van der Waals surface area (Å²) in [4.78, 5) is 0. The molecule has 6 rings (SSSR count). The van der Waals surface area contributed by atoms with Crippen LogP contribution in [0.4, 0.5) is 0 Å². The van der Waals surface area contributed by atoms with Gasteiger partial charge in [0, 0.05) is 0 Å². The van der Waals surface area contributed by atoms with E-state index in [0.29, 0.717) is 33.2 Å². The first-order valence-electron chi connectivity index (χ1n) is 13.8. The van der Waals surface area contributed by atoms with Crippen LogP contribution in [0.25, 0.3) is 0 Å². The summed E-state index contributed by atoms with van der Waals surface area (Å²) in [5, 5.41) is 0. The van der Waals surface area contributed by atoms with Gasteiger partial charge in [-0.2, -0.15) is 0 Å². The number of hydrogen-bond acceptors (Lipinski definition) is 1. The fourth-order valence-corrected chi connectivity index (χ4v) is 11.2. The molecule has 0 aromatic carbocycles. The Labute approximate surface area is 192 Å². The minimum atomic E-state index is 0.368. The van der Waals surface area contributed by atoms with Crippen LogP contribution in [0.5, 0.6) is 0 Å². The Morgan fingerprint density at radius 1 is 0.806 bits per heavy atom. The smallest absolute Gasteiger partial charge is 0.0663 e. The molecule has 5 aliphatic carbocycles. The van der Waals surface area contributed by atoms with Crippen LogP contribution in [0, 0.1) is 50.7 Å². The zero-order valence-electron chi connectivity index (χ0n) is 21.6. The second-order valence-corrected chi connectivity index (χ2v) is 14.8. The van der Waals surface area contributed by atoms with Crippen LogP contribution in [-0.2, 0) is 4.74 Å². The molecule has 31 heavy (non-hydrogen) atoms. The highest BCUT2D eigenvalue weighted by Crippen LogP contribution is 2.77. The highest BCUT2D eigenvalue weighted by atomic mass is 16.5. The van der Waals surface area contributed by atoms with E-state index in [2.05, 4.69) is 48.5 Å². The lowest BCUT2D eigenvalue weighted by atomic mass is 9.34. The van der Waals surface area contributed by atoms with Crippen molar-refractivity contribution in [3.05, 3.63) is 11.1 Å². The molecule has 1 heteroatoms. The monoisotopic (exact) mass is 424 g/mol. The lowest BCUT2D eigenvalue weighted by Gasteiger charge is -2.70. The molecule has 6 aliphatic rings. The van der Waals surface area contributed by atoms with Crippen molar-refractivity contribution < 1.29 is 4.74 Å². The summed E-state index contributed by atoms with van der Waals surface area (Å²) >= 11 is 0. The molecule has 1 aliphatic heterocycles. The Bertz CT molecular complexity index is 820. The van der Waals surface area contributed by atoms with Gasteiger partial charge in [0.2, 0.25) is 0 Å². The van der Waals surface area contributed by atoms with Crippen molar-refractivity contribution in [3.63, 3.8) is 0 Å². The molecule has 8 atom stereocenters. The third-order valence-electron chi connectivity index (χ3n) is 13.2. The number of rotatable bonds is 1. The van der Waals surface area contributed by atoms with E-state index < -0.39 is 0 Å². The molecule has 1 heterocycles. The van der Waals surface area contributed by atoms with E-state index in [0.717, 1.165) is 30.3 Å². The molecule has 0 radical (unpaired) electrons. The van der Waals surface area contributed by atoms with E-state index in [1.807, 2.05) is 11.1 Å². The summed E-state index contributed by atoms with van der Waals surface area (Å²) in [6.07, 6.45) is 14.8. The molecular formula is C30H48O. The lowest BCUT2D eigenvalue weighted by molar-refractivity contribution is -0.206. The molecule has 174 valence electrons. The van der Waals surface area contributed by atoms with Gasteiger partial charge in [0.25, 0.3) is 0 Å². The average molecular weight is 425 g/mol. The summed E-state index contributed by atoms with van der Waals surface area (Å²) in [7, 11) is 0. The molecule has 0 aromatic heterocycles. The highest BCUT2D eigenvalue weighted by molar-refractivity contribution is 5.35. The van der Waals surface area contributed by atoms with E-state index in [4.69, 9.17) is 4.74 Å². The molecule has 1 saturated heterocycles. The van der Waals surface area contributed by atoms with Gasteiger partial charge in [-0.25, -0.2) is 0 Å². The minimum absolute atomic E-state index is 0.368. The van der Waals surface area contributed by atoms with Crippen LogP contribution in [0.1, 0.15) is 113 Å². The zero-order valence-corrected chi connectivity index (χ0v) is 21.6. The maximum Gasteiger partial charge on any atom is 0.0663 e. The van der Waals surface area contributed by atoms with Gasteiger partial charge in [-0.15, -0.1) is 0 Å². The van der Waals surface area contributed by atoms with Gasteiger partial charge >= 0.3 is 0 Å². The zero-order chi connectivity index (χ0) is 22.0. The second-order valence-electron chi connectivity index (χ2n) is 14.8. The number of allylic oxidation sites excluding steroid dienone is 2. The quantitative estimate of drug-likeness (QED) is 0.385. The molecule has 1 nitrogen and oxygen atoms in total. The van der Waals surface area contributed by atoms with Crippen LogP contribution < -0.4 is 0 Å². The topological polar surface area (TPSA) is 9.23 Å². The summed E-state index contributed by atoms with van der Waals surface area (Å²) in [5.74, 6) is 3.35. The predicted octanol–water partition coefficient (Wildman–Crippen LogP) is 8.19. The van der Waals surface area contributed by atoms with Crippen LogP contribution in [0.3, 0.4) is 0 Å². The summed E-state index contributed by atoms with van der Waals surface area (Å²) in [6.45, 7) is 19.2. The Morgan fingerprint density at radius 2 is 1.55 bits per heavy atom. The number of hydrogen-bond donors (Lipinski definition) is 0. The normalized spacial score (nSPS) is 55.0. The fourth-order valence-electron chi connectivity index (χ4n) is 11.2. The average Bonchev–Trinajstić information content (AvgIpc) is 3.22. The van der Waals surface area contributed by atoms with Crippen molar-refractivity contribution in [1.82, 2.24) is 0 Å². The van der Waals surface area contributed by atoms with E-state index in [-0.39, 0.29) is 0 Å².